The summed E-state index contributed by atoms with van der Waals surface area (Å²) in [4.78, 5) is 10.7. The van der Waals surface area contributed by atoms with Crippen molar-refractivity contribution in [3.05, 3.63) is 53.6 Å². The van der Waals surface area contributed by atoms with Gasteiger partial charge >= 0.3 is 5.97 Å². The zero-order valence-electron chi connectivity index (χ0n) is 9.15. The number of nitrogens with two attached hydrogens (primary N) is 1. The zero-order valence-corrected chi connectivity index (χ0v) is 9.15. The fourth-order valence-corrected chi connectivity index (χ4v) is 1.58. The Bertz CT molecular complexity index is 626. The Hall–Kier alpha value is -2.43. The van der Waals surface area contributed by atoms with E-state index < -0.39 is 17.6 Å². The van der Waals surface area contributed by atoms with Crippen molar-refractivity contribution in [2.75, 3.05) is 5.73 Å². The molecule has 0 aliphatic heterocycles. The number of carboxylic acid groups (broad SMARTS) is 1. The van der Waals surface area contributed by atoms with Crippen LogP contribution in [-0.2, 0) is 0 Å². The van der Waals surface area contributed by atoms with Crippen LogP contribution in [0.25, 0.3) is 11.1 Å². The number of halogens is 2. The molecule has 92 valence electrons. The lowest BCUT2D eigenvalue weighted by atomic mass is 10.0. The van der Waals surface area contributed by atoms with Crippen LogP contribution in [0.4, 0.5) is 14.5 Å². The van der Waals surface area contributed by atoms with Gasteiger partial charge in [0, 0.05) is 5.56 Å². The largest absolute Gasteiger partial charge is 0.478 e. The first-order chi connectivity index (χ1) is 8.49. The van der Waals surface area contributed by atoms with Crippen molar-refractivity contribution < 1.29 is 18.7 Å². The Balaban J connectivity index is 2.51. The highest BCUT2D eigenvalue weighted by molar-refractivity contribution is 5.88. The highest BCUT2D eigenvalue weighted by Gasteiger charge is 2.11. The third kappa shape index (κ3) is 2.15. The average Bonchev–Trinajstić information content (AvgIpc) is 2.32. The van der Waals surface area contributed by atoms with Gasteiger partial charge in [0.05, 0.1) is 11.3 Å². The van der Waals surface area contributed by atoms with Crippen molar-refractivity contribution in [1.29, 1.82) is 0 Å². The number of carboxylic acids is 1. The number of aromatic carboxylic acids is 1. The summed E-state index contributed by atoms with van der Waals surface area (Å²) in [5, 5.41) is 8.71. The van der Waals surface area contributed by atoms with Gasteiger partial charge in [-0.05, 0) is 29.8 Å². The van der Waals surface area contributed by atoms with Gasteiger partial charge in [-0.1, -0.05) is 12.1 Å². The Morgan fingerprint density at radius 2 is 1.78 bits per heavy atom. The van der Waals surface area contributed by atoms with Crippen LogP contribution in [0.3, 0.4) is 0 Å². The Morgan fingerprint density at radius 1 is 1.06 bits per heavy atom. The number of rotatable bonds is 2. The molecule has 3 N–H and O–H groups in total. The molecule has 0 bridgehead atoms. The molecule has 2 aromatic rings. The number of anilines is 1. The molecule has 2 aromatic carbocycles. The summed E-state index contributed by atoms with van der Waals surface area (Å²) in [5.41, 5.74) is 5.56. The molecule has 0 aliphatic carbocycles. The minimum absolute atomic E-state index is 0.0266. The fraction of sp³-hybridized carbons (Fsp3) is 0. The van der Waals surface area contributed by atoms with Gasteiger partial charge in [-0.15, -0.1) is 0 Å². The van der Waals surface area contributed by atoms with Gasteiger partial charge in [0.2, 0.25) is 0 Å². The van der Waals surface area contributed by atoms with Gasteiger partial charge in [-0.3, -0.25) is 0 Å². The van der Waals surface area contributed by atoms with Gasteiger partial charge < -0.3 is 10.8 Å². The van der Waals surface area contributed by atoms with Crippen LogP contribution in [-0.4, -0.2) is 11.1 Å². The summed E-state index contributed by atoms with van der Waals surface area (Å²) < 4.78 is 27.0. The maximum atomic E-state index is 13.7. The summed E-state index contributed by atoms with van der Waals surface area (Å²) in [6.45, 7) is 0. The zero-order chi connectivity index (χ0) is 13.3. The van der Waals surface area contributed by atoms with E-state index in [2.05, 4.69) is 0 Å². The third-order valence-electron chi connectivity index (χ3n) is 2.53. The molecule has 0 fully saturated rings. The van der Waals surface area contributed by atoms with Crippen LogP contribution in [0.15, 0.2) is 36.4 Å². The molecular weight excluding hydrogens is 240 g/mol. The van der Waals surface area contributed by atoms with Crippen molar-refractivity contribution in [2.45, 2.75) is 0 Å². The lowest BCUT2D eigenvalue weighted by molar-refractivity contribution is 0.0696. The number of hydrogen-bond donors (Lipinski definition) is 2. The molecule has 0 radical (unpaired) electrons. The molecule has 0 unspecified atom stereocenters. The minimum atomic E-state index is -1.22. The Morgan fingerprint density at radius 3 is 2.33 bits per heavy atom. The number of benzene rings is 2. The summed E-state index contributed by atoms with van der Waals surface area (Å²) >= 11 is 0. The molecule has 0 aliphatic rings. The molecule has 0 spiro atoms. The maximum Gasteiger partial charge on any atom is 0.335 e. The van der Waals surface area contributed by atoms with Crippen LogP contribution in [0.1, 0.15) is 10.4 Å². The highest BCUT2D eigenvalue weighted by atomic mass is 19.1. The monoisotopic (exact) mass is 249 g/mol. The third-order valence-corrected chi connectivity index (χ3v) is 2.53. The highest BCUT2D eigenvalue weighted by Crippen LogP contribution is 2.26. The first-order valence-electron chi connectivity index (χ1n) is 5.07. The van der Waals surface area contributed by atoms with Gasteiger partial charge in [0.1, 0.15) is 11.6 Å². The standard InChI is InChI=1S/C13H9F2NO2/c14-10-6-8(13(17)18)1-3-9(10)7-2-4-12(16)11(15)5-7/h1-6H,16H2,(H,17,18). The fourth-order valence-electron chi connectivity index (χ4n) is 1.58. The maximum absolute atomic E-state index is 13.7. The van der Waals surface area contributed by atoms with Gasteiger partial charge in [0.15, 0.2) is 0 Å². The summed E-state index contributed by atoms with van der Waals surface area (Å²) in [5.74, 6) is -2.59. The average molecular weight is 249 g/mol. The first kappa shape index (κ1) is 12.0. The van der Waals surface area contributed by atoms with Crippen molar-refractivity contribution in [3.63, 3.8) is 0 Å². The quantitative estimate of drug-likeness (QED) is 0.804. The van der Waals surface area contributed by atoms with Crippen LogP contribution in [0.5, 0.6) is 0 Å². The lowest BCUT2D eigenvalue weighted by Gasteiger charge is -2.06. The van der Waals surface area contributed by atoms with E-state index in [4.69, 9.17) is 10.8 Å². The number of carbonyl (C=O) groups is 1. The molecule has 0 amide bonds. The topological polar surface area (TPSA) is 63.3 Å². The summed E-state index contributed by atoms with van der Waals surface area (Å²) in [6.07, 6.45) is 0. The van der Waals surface area contributed by atoms with Crippen LogP contribution in [0, 0.1) is 11.6 Å². The Kier molecular flexibility index (Phi) is 2.97. The van der Waals surface area contributed by atoms with Gasteiger partial charge in [-0.25, -0.2) is 13.6 Å². The number of hydrogen-bond acceptors (Lipinski definition) is 2. The Labute approximate surface area is 101 Å². The summed E-state index contributed by atoms with van der Waals surface area (Å²) in [7, 11) is 0. The molecule has 0 atom stereocenters. The SMILES string of the molecule is Nc1ccc(-c2ccc(C(=O)O)cc2F)cc1F. The number of nitrogen functional groups attached to an aromatic ring is 1. The van der Waals surface area contributed by atoms with E-state index in [1.54, 1.807) is 0 Å². The van der Waals surface area contributed by atoms with Crippen LogP contribution >= 0.6 is 0 Å². The molecule has 0 aromatic heterocycles. The van der Waals surface area contributed by atoms with E-state index in [1.807, 2.05) is 0 Å². The minimum Gasteiger partial charge on any atom is -0.478 e. The second kappa shape index (κ2) is 4.44. The molecule has 0 saturated heterocycles. The first-order valence-corrected chi connectivity index (χ1v) is 5.07. The molecule has 2 rings (SSSR count). The van der Waals surface area contributed by atoms with Crippen LogP contribution < -0.4 is 5.73 Å². The van der Waals surface area contributed by atoms with Crippen LogP contribution in [0.2, 0.25) is 0 Å². The molecule has 3 nitrogen and oxygen atoms in total. The molecule has 0 saturated carbocycles. The predicted octanol–water partition coefficient (Wildman–Crippen LogP) is 2.91. The van der Waals surface area contributed by atoms with E-state index in [-0.39, 0.29) is 16.8 Å². The smallest absolute Gasteiger partial charge is 0.335 e. The lowest BCUT2D eigenvalue weighted by Crippen LogP contribution is -1.98. The summed E-state index contributed by atoms with van der Waals surface area (Å²) in [6, 6.07) is 7.35. The van der Waals surface area contributed by atoms with Gasteiger partial charge in [-0.2, -0.15) is 0 Å². The van der Waals surface area contributed by atoms with E-state index in [9.17, 15) is 13.6 Å². The molecule has 0 heterocycles. The van der Waals surface area contributed by atoms with E-state index >= 15 is 0 Å². The predicted molar refractivity (Wildman–Crippen MR) is 63.2 cm³/mol. The second-order valence-corrected chi connectivity index (χ2v) is 3.74. The van der Waals surface area contributed by atoms with Gasteiger partial charge in [0.25, 0.3) is 0 Å². The van der Waals surface area contributed by atoms with E-state index in [0.717, 1.165) is 12.1 Å². The second-order valence-electron chi connectivity index (χ2n) is 3.74. The van der Waals surface area contributed by atoms with Crippen molar-refractivity contribution in [1.82, 2.24) is 0 Å². The molecule has 5 heteroatoms. The molecule has 18 heavy (non-hydrogen) atoms. The normalized spacial score (nSPS) is 10.3. The van der Waals surface area contributed by atoms with E-state index in [1.165, 1.54) is 24.3 Å². The molecular formula is C13H9F2NO2. The van der Waals surface area contributed by atoms with Crippen molar-refractivity contribution in [2.24, 2.45) is 0 Å². The van der Waals surface area contributed by atoms with E-state index in [0.29, 0.717) is 5.56 Å². The van der Waals surface area contributed by atoms with Crippen molar-refractivity contribution in [3.8, 4) is 11.1 Å². The van der Waals surface area contributed by atoms with Crippen molar-refractivity contribution >= 4 is 11.7 Å².